The number of sulfonamides is 1. The standard InChI is InChI=1S/C27H40N4O4S/c1-19-15-25(35-7)16-20(2)26(19)36(33,34)30(6)11-10-24(32)17-22-14-21(3)27(28-18-22)31-12-8-23(9-13-31)29(4)5/h14-16,18,23H,8-13,17H2,1-7H3. The van der Waals surface area contributed by atoms with Crippen LogP contribution in [0.5, 0.6) is 5.75 Å². The predicted octanol–water partition coefficient (Wildman–Crippen LogP) is 3.37. The van der Waals surface area contributed by atoms with E-state index < -0.39 is 10.0 Å². The molecule has 36 heavy (non-hydrogen) atoms. The number of anilines is 1. The summed E-state index contributed by atoms with van der Waals surface area (Å²) in [4.78, 5) is 22.3. The first-order valence-corrected chi connectivity index (χ1v) is 13.9. The Kier molecular flexibility index (Phi) is 9.13. The highest BCUT2D eigenvalue weighted by molar-refractivity contribution is 7.89. The second kappa shape index (κ2) is 11.7. The highest BCUT2D eigenvalue weighted by atomic mass is 32.2. The van der Waals surface area contributed by atoms with Crippen molar-refractivity contribution in [2.24, 2.45) is 0 Å². The van der Waals surface area contributed by atoms with Crippen LogP contribution >= 0.6 is 0 Å². The molecule has 1 saturated heterocycles. The largest absolute Gasteiger partial charge is 0.497 e. The van der Waals surface area contributed by atoms with Crippen molar-refractivity contribution in [3.8, 4) is 5.75 Å². The first-order chi connectivity index (χ1) is 16.9. The van der Waals surface area contributed by atoms with Gasteiger partial charge in [-0.25, -0.2) is 17.7 Å². The fourth-order valence-electron chi connectivity index (χ4n) is 4.96. The topological polar surface area (TPSA) is 83.0 Å². The molecule has 9 heteroatoms. The van der Waals surface area contributed by atoms with Crippen LogP contribution in [0.1, 0.15) is 41.5 Å². The van der Waals surface area contributed by atoms with Crippen LogP contribution in [0, 0.1) is 20.8 Å². The predicted molar refractivity (Wildman–Crippen MR) is 144 cm³/mol. The minimum absolute atomic E-state index is 0.0130. The van der Waals surface area contributed by atoms with Crippen LogP contribution in [0.25, 0.3) is 0 Å². The highest BCUT2D eigenvalue weighted by Gasteiger charge is 2.26. The first kappa shape index (κ1) is 28.1. The van der Waals surface area contributed by atoms with Gasteiger partial charge >= 0.3 is 0 Å². The van der Waals surface area contributed by atoms with Crippen molar-refractivity contribution in [1.82, 2.24) is 14.2 Å². The number of carbonyl (C=O) groups excluding carboxylic acids is 1. The van der Waals surface area contributed by atoms with E-state index in [2.05, 4.69) is 28.9 Å². The van der Waals surface area contributed by atoms with Crippen LogP contribution in [-0.4, -0.2) is 82.3 Å². The molecule has 3 rings (SSSR count). The quantitative estimate of drug-likeness (QED) is 0.479. The van der Waals surface area contributed by atoms with E-state index in [4.69, 9.17) is 4.74 Å². The Hall–Kier alpha value is -2.49. The lowest BCUT2D eigenvalue weighted by Crippen LogP contribution is -2.42. The number of carbonyl (C=O) groups is 1. The second-order valence-corrected chi connectivity index (χ2v) is 12.0. The van der Waals surface area contributed by atoms with Gasteiger partial charge in [-0.05, 0) is 82.1 Å². The summed E-state index contributed by atoms with van der Waals surface area (Å²) in [6.45, 7) is 7.62. The van der Waals surface area contributed by atoms with E-state index in [1.54, 1.807) is 39.3 Å². The van der Waals surface area contributed by atoms with E-state index in [1.807, 2.05) is 13.0 Å². The zero-order valence-electron chi connectivity index (χ0n) is 22.7. The SMILES string of the molecule is COc1cc(C)c(S(=O)(=O)N(C)CCC(=O)Cc2cnc(N3CCC(N(C)C)CC3)c(C)c2)c(C)c1. The van der Waals surface area contributed by atoms with Gasteiger partial charge in [0.15, 0.2) is 0 Å². The Bertz CT molecular complexity index is 1170. The van der Waals surface area contributed by atoms with Crippen molar-refractivity contribution in [2.45, 2.75) is 57.4 Å². The summed E-state index contributed by atoms with van der Waals surface area (Å²) < 4.78 is 32.9. The molecule has 198 valence electrons. The van der Waals surface area contributed by atoms with E-state index in [1.165, 1.54) is 11.4 Å². The fraction of sp³-hybridized carbons (Fsp3) is 0.556. The zero-order valence-corrected chi connectivity index (χ0v) is 23.5. The van der Waals surface area contributed by atoms with Crippen molar-refractivity contribution < 1.29 is 17.9 Å². The molecule has 0 bridgehead atoms. The number of Topliss-reactive ketones (excluding diaryl/α,β-unsaturated/α-hetero) is 1. The second-order valence-electron chi connectivity index (χ2n) is 10.0. The molecule has 0 aliphatic carbocycles. The van der Waals surface area contributed by atoms with Gasteiger partial charge in [0.05, 0.1) is 12.0 Å². The van der Waals surface area contributed by atoms with Crippen LogP contribution in [-0.2, 0) is 21.2 Å². The number of pyridine rings is 1. The van der Waals surface area contributed by atoms with Crippen LogP contribution in [0.4, 0.5) is 5.82 Å². The molecule has 2 aromatic rings. The summed E-state index contributed by atoms with van der Waals surface area (Å²) in [7, 11) is 3.61. The molecule has 0 spiro atoms. The number of aryl methyl sites for hydroxylation is 3. The highest BCUT2D eigenvalue weighted by Crippen LogP contribution is 2.28. The normalized spacial score (nSPS) is 15.1. The van der Waals surface area contributed by atoms with Gasteiger partial charge in [-0.3, -0.25) is 4.79 Å². The number of methoxy groups -OCH3 is 1. The Morgan fingerprint density at radius 1 is 1.06 bits per heavy atom. The van der Waals surface area contributed by atoms with Crippen molar-refractivity contribution in [3.63, 3.8) is 0 Å². The van der Waals surface area contributed by atoms with Gasteiger partial charge in [0.1, 0.15) is 17.4 Å². The number of rotatable bonds is 10. The Morgan fingerprint density at radius 2 is 1.67 bits per heavy atom. The van der Waals surface area contributed by atoms with Crippen LogP contribution in [0.15, 0.2) is 29.3 Å². The van der Waals surface area contributed by atoms with Gasteiger partial charge in [0.2, 0.25) is 10.0 Å². The molecular formula is C27H40N4O4S. The third-order valence-corrected chi connectivity index (χ3v) is 9.21. The van der Waals surface area contributed by atoms with E-state index in [0.717, 1.165) is 42.9 Å². The third-order valence-electron chi connectivity index (χ3n) is 7.05. The fourth-order valence-corrected chi connectivity index (χ4v) is 6.53. The molecule has 0 atom stereocenters. The van der Waals surface area contributed by atoms with Crippen LogP contribution in [0.2, 0.25) is 0 Å². The Morgan fingerprint density at radius 3 is 2.19 bits per heavy atom. The molecular weight excluding hydrogens is 476 g/mol. The van der Waals surface area contributed by atoms with E-state index in [0.29, 0.717) is 22.9 Å². The smallest absolute Gasteiger partial charge is 0.243 e. The third kappa shape index (κ3) is 6.44. The Labute approximate surface area is 216 Å². The van der Waals surface area contributed by atoms with Gasteiger partial charge < -0.3 is 14.5 Å². The summed E-state index contributed by atoms with van der Waals surface area (Å²) in [5.74, 6) is 1.59. The summed E-state index contributed by atoms with van der Waals surface area (Å²) in [6, 6.07) is 6.06. The molecule has 1 aromatic carbocycles. The number of hydrogen-bond donors (Lipinski definition) is 0. The number of benzene rings is 1. The van der Waals surface area contributed by atoms with E-state index in [-0.39, 0.29) is 30.1 Å². The lowest BCUT2D eigenvalue weighted by molar-refractivity contribution is -0.118. The number of ketones is 1. The molecule has 0 radical (unpaired) electrons. The van der Waals surface area contributed by atoms with Crippen molar-refractivity contribution in [3.05, 3.63) is 46.6 Å². The van der Waals surface area contributed by atoms with Gasteiger partial charge in [0.25, 0.3) is 0 Å². The van der Waals surface area contributed by atoms with E-state index >= 15 is 0 Å². The summed E-state index contributed by atoms with van der Waals surface area (Å²) in [5, 5.41) is 0. The number of hydrogen-bond acceptors (Lipinski definition) is 7. The molecule has 0 amide bonds. The van der Waals surface area contributed by atoms with Crippen molar-refractivity contribution >= 4 is 21.6 Å². The van der Waals surface area contributed by atoms with Gasteiger partial charge in [-0.1, -0.05) is 6.07 Å². The molecule has 0 saturated carbocycles. The number of aromatic nitrogens is 1. The average Bonchev–Trinajstić information content (AvgIpc) is 2.82. The molecule has 2 heterocycles. The van der Waals surface area contributed by atoms with Gasteiger partial charge in [0, 0.05) is 51.8 Å². The minimum Gasteiger partial charge on any atom is -0.497 e. The number of ether oxygens (including phenoxy) is 1. The molecule has 1 aromatic heterocycles. The molecule has 1 aliphatic rings. The number of piperidine rings is 1. The maximum absolute atomic E-state index is 13.2. The molecule has 1 aliphatic heterocycles. The lowest BCUT2D eigenvalue weighted by Gasteiger charge is -2.36. The molecule has 1 fully saturated rings. The molecule has 0 unspecified atom stereocenters. The molecule has 0 N–H and O–H groups in total. The van der Waals surface area contributed by atoms with Crippen LogP contribution < -0.4 is 9.64 Å². The average molecular weight is 517 g/mol. The number of nitrogens with zero attached hydrogens (tertiary/aromatic N) is 4. The Balaban J connectivity index is 1.59. The van der Waals surface area contributed by atoms with Gasteiger partial charge in [-0.2, -0.15) is 0 Å². The van der Waals surface area contributed by atoms with Crippen molar-refractivity contribution in [2.75, 3.05) is 52.8 Å². The lowest BCUT2D eigenvalue weighted by atomic mass is 10.0. The zero-order chi connectivity index (χ0) is 26.6. The van der Waals surface area contributed by atoms with Crippen LogP contribution in [0.3, 0.4) is 0 Å². The van der Waals surface area contributed by atoms with E-state index in [9.17, 15) is 13.2 Å². The van der Waals surface area contributed by atoms with Gasteiger partial charge in [-0.15, -0.1) is 0 Å². The minimum atomic E-state index is -3.72. The maximum Gasteiger partial charge on any atom is 0.243 e. The first-order valence-electron chi connectivity index (χ1n) is 12.4. The van der Waals surface area contributed by atoms with Crippen molar-refractivity contribution in [1.29, 1.82) is 0 Å². The molecule has 8 nitrogen and oxygen atoms in total. The summed E-state index contributed by atoms with van der Waals surface area (Å²) in [5.41, 5.74) is 3.17. The monoisotopic (exact) mass is 516 g/mol. The maximum atomic E-state index is 13.2. The summed E-state index contributed by atoms with van der Waals surface area (Å²) in [6.07, 6.45) is 4.39. The summed E-state index contributed by atoms with van der Waals surface area (Å²) >= 11 is 0.